The summed E-state index contributed by atoms with van der Waals surface area (Å²) in [6, 6.07) is 7.71. The number of rotatable bonds is 2. The molecule has 2 aliphatic rings. The molecule has 0 atom stereocenters. The third kappa shape index (κ3) is 2.21. The van der Waals surface area contributed by atoms with E-state index in [1.54, 1.807) is 5.01 Å². The van der Waals surface area contributed by atoms with E-state index in [-0.39, 0.29) is 5.91 Å². The van der Waals surface area contributed by atoms with Crippen LogP contribution in [0.1, 0.15) is 32.1 Å². The average Bonchev–Trinajstić information content (AvgIpc) is 2.99. The van der Waals surface area contributed by atoms with Gasteiger partial charge in [0.1, 0.15) is 0 Å². The summed E-state index contributed by atoms with van der Waals surface area (Å²) in [5, 5.41) is 6.09. The van der Waals surface area contributed by atoms with Gasteiger partial charge in [0.15, 0.2) is 0 Å². The van der Waals surface area contributed by atoms with Crippen LogP contribution in [0.15, 0.2) is 33.8 Å². The van der Waals surface area contributed by atoms with Crippen LogP contribution in [0.5, 0.6) is 0 Å². The summed E-state index contributed by atoms with van der Waals surface area (Å²) in [7, 11) is 0. The van der Waals surface area contributed by atoms with Crippen LogP contribution in [0.25, 0.3) is 0 Å². The Morgan fingerprint density at radius 2 is 1.83 bits per heavy atom. The van der Waals surface area contributed by atoms with E-state index in [1.165, 1.54) is 25.7 Å². The molecule has 1 fully saturated rings. The maximum atomic E-state index is 12.0. The van der Waals surface area contributed by atoms with Crippen molar-refractivity contribution in [3.8, 4) is 0 Å². The van der Waals surface area contributed by atoms with Crippen molar-refractivity contribution in [2.24, 2.45) is 11.0 Å². The fourth-order valence-corrected chi connectivity index (χ4v) is 2.98. The number of hydrogen-bond acceptors (Lipinski definition) is 2. The Kier molecular flexibility index (Phi) is 3.20. The van der Waals surface area contributed by atoms with Crippen molar-refractivity contribution in [3.05, 3.63) is 28.7 Å². The number of benzene rings is 1. The molecular weight excluding hydrogens is 292 g/mol. The summed E-state index contributed by atoms with van der Waals surface area (Å²) >= 11 is 3.40. The molecule has 94 valence electrons. The van der Waals surface area contributed by atoms with Gasteiger partial charge in [0.2, 0.25) is 0 Å². The van der Waals surface area contributed by atoms with Gasteiger partial charge in [-0.2, -0.15) is 5.10 Å². The molecule has 0 unspecified atom stereocenters. The highest BCUT2D eigenvalue weighted by Gasteiger charge is 2.31. The number of anilines is 1. The Labute approximate surface area is 115 Å². The van der Waals surface area contributed by atoms with Crippen LogP contribution in [-0.4, -0.2) is 11.6 Å². The Morgan fingerprint density at radius 1 is 1.17 bits per heavy atom. The largest absolute Gasteiger partial charge is 0.272 e. The summed E-state index contributed by atoms with van der Waals surface area (Å²) in [5.41, 5.74) is 1.94. The maximum Gasteiger partial charge on any atom is 0.253 e. The summed E-state index contributed by atoms with van der Waals surface area (Å²) < 4.78 is 1.01. The Balaban J connectivity index is 1.83. The van der Waals surface area contributed by atoms with Crippen LogP contribution in [0, 0.1) is 5.92 Å². The van der Waals surface area contributed by atoms with Gasteiger partial charge in [-0.15, -0.1) is 0 Å². The first-order valence-electron chi connectivity index (χ1n) is 6.40. The maximum absolute atomic E-state index is 12.0. The molecule has 1 aromatic rings. The van der Waals surface area contributed by atoms with Gasteiger partial charge in [0, 0.05) is 4.47 Å². The number of hydrazone groups is 1. The van der Waals surface area contributed by atoms with E-state index < -0.39 is 0 Å². The third-order valence-electron chi connectivity index (χ3n) is 3.69. The number of carbonyl (C=O) groups excluding carboxylic acids is 1. The summed E-state index contributed by atoms with van der Waals surface area (Å²) in [6.45, 7) is 0. The molecule has 18 heavy (non-hydrogen) atoms. The Bertz CT molecular complexity index is 489. The lowest BCUT2D eigenvalue weighted by molar-refractivity contribution is -0.116. The molecule has 0 aromatic heterocycles. The molecule has 0 bridgehead atoms. The normalized spacial score (nSPS) is 20.6. The van der Waals surface area contributed by atoms with Gasteiger partial charge in [0.25, 0.3) is 5.91 Å². The van der Waals surface area contributed by atoms with E-state index in [9.17, 15) is 4.79 Å². The van der Waals surface area contributed by atoms with Crippen molar-refractivity contribution in [1.82, 2.24) is 0 Å². The second kappa shape index (κ2) is 4.84. The molecule has 0 N–H and O–H groups in total. The van der Waals surface area contributed by atoms with Crippen LogP contribution in [0.3, 0.4) is 0 Å². The van der Waals surface area contributed by atoms with Crippen molar-refractivity contribution in [2.75, 3.05) is 5.01 Å². The van der Waals surface area contributed by atoms with Gasteiger partial charge < -0.3 is 0 Å². The zero-order chi connectivity index (χ0) is 12.5. The molecule has 0 spiro atoms. The van der Waals surface area contributed by atoms with Gasteiger partial charge in [-0.05, 0) is 43.0 Å². The lowest BCUT2D eigenvalue weighted by atomic mass is 10.00. The van der Waals surface area contributed by atoms with Crippen molar-refractivity contribution >= 4 is 33.2 Å². The van der Waals surface area contributed by atoms with Crippen LogP contribution < -0.4 is 5.01 Å². The van der Waals surface area contributed by atoms with Crippen LogP contribution in [0.4, 0.5) is 5.69 Å². The minimum absolute atomic E-state index is 0.0965. The van der Waals surface area contributed by atoms with Crippen LogP contribution in [-0.2, 0) is 4.79 Å². The molecule has 0 saturated heterocycles. The van der Waals surface area contributed by atoms with Gasteiger partial charge in [-0.3, -0.25) is 4.79 Å². The molecule has 4 heteroatoms. The van der Waals surface area contributed by atoms with E-state index >= 15 is 0 Å². The number of hydrogen-bond donors (Lipinski definition) is 0. The minimum Gasteiger partial charge on any atom is -0.272 e. The fraction of sp³-hybridized carbons (Fsp3) is 0.429. The highest BCUT2D eigenvalue weighted by atomic mass is 79.9. The predicted octanol–water partition coefficient (Wildman–Crippen LogP) is 3.73. The number of amides is 1. The minimum atomic E-state index is 0.0965. The molecule has 3 nitrogen and oxygen atoms in total. The molecular formula is C14H15BrN2O. The average molecular weight is 307 g/mol. The SMILES string of the molecule is O=C1CC(C2CCCC2)=NN1c1ccc(Br)cc1. The zero-order valence-electron chi connectivity index (χ0n) is 10.1. The van der Waals surface area contributed by atoms with Crippen molar-refractivity contribution in [1.29, 1.82) is 0 Å². The van der Waals surface area contributed by atoms with E-state index in [1.807, 2.05) is 24.3 Å². The predicted molar refractivity (Wildman–Crippen MR) is 75.6 cm³/mol. The first kappa shape index (κ1) is 11.9. The molecule has 1 saturated carbocycles. The van der Waals surface area contributed by atoms with Gasteiger partial charge >= 0.3 is 0 Å². The third-order valence-corrected chi connectivity index (χ3v) is 4.22. The first-order valence-corrected chi connectivity index (χ1v) is 7.19. The van der Waals surface area contributed by atoms with E-state index in [4.69, 9.17) is 0 Å². The molecule has 0 radical (unpaired) electrons. The smallest absolute Gasteiger partial charge is 0.253 e. The topological polar surface area (TPSA) is 32.7 Å². The van der Waals surface area contributed by atoms with Gasteiger partial charge in [-0.1, -0.05) is 28.8 Å². The number of nitrogens with zero attached hydrogens (tertiary/aromatic N) is 2. The first-order chi connectivity index (χ1) is 8.74. The van der Waals surface area contributed by atoms with Crippen molar-refractivity contribution in [2.45, 2.75) is 32.1 Å². The second-order valence-electron chi connectivity index (χ2n) is 4.93. The molecule has 1 aliphatic heterocycles. The summed E-state index contributed by atoms with van der Waals surface area (Å²) in [6.07, 6.45) is 5.44. The van der Waals surface area contributed by atoms with E-state index in [0.29, 0.717) is 12.3 Å². The van der Waals surface area contributed by atoms with Gasteiger partial charge in [0.05, 0.1) is 17.8 Å². The molecule has 1 aromatic carbocycles. The Hall–Kier alpha value is -1.16. The van der Waals surface area contributed by atoms with Crippen molar-refractivity contribution in [3.63, 3.8) is 0 Å². The highest BCUT2D eigenvalue weighted by Crippen LogP contribution is 2.31. The van der Waals surface area contributed by atoms with Crippen LogP contribution >= 0.6 is 15.9 Å². The number of halogens is 1. The van der Waals surface area contributed by atoms with E-state index in [0.717, 1.165) is 15.9 Å². The quantitative estimate of drug-likeness (QED) is 0.819. The molecule has 1 heterocycles. The van der Waals surface area contributed by atoms with E-state index in [2.05, 4.69) is 21.0 Å². The zero-order valence-corrected chi connectivity index (χ0v) is 11.7. The Morgan fingerprint density at radius 3 is 2.50 bits per heavy atom. The van der Waals surface area contributed by atoms with Crippen LogP contribution in [0.2, 0.25) is 0 Å². The summed E-state index contributed by atoms with van der Waals surface area (Å²) in [4.78, 5) is 12.0. The van der Waals surface area contributed by atoms with Crippen molar-refractivity contribution < 1.29 is 4.79 Å². The lowest BCUT2D eigenvalue weighted by Gasteiger charge is -2.11. The lowest BCUT2D eigenvalue weighted by Crippen LogP contribution is -2.19. The number of carbonyl (C=O) groups is 1. The standard InChI is InChI=1S/C14H15BrN2O/c15-11-5-7-12(8-6-11)17-14(18)9-13(16-17)10-3-1-2-4-10/h5-8,10H,1-4,9H2. The monoisotopic (exact) mass is 306 g/mol. The molecule has 1 aliphatic carbocycles. The molecule has 1 amide bonds. The second-order valence-corrected chi connectivity index (χ2v) is 5.85. The van der Waals surface area contributed by atoms with Gasteiger partial charge in [-0.25, -0.2) is 5.01 Å². The fourth-order valence-electron chi connectivity index (χ4n) is 2.72. The molecule has 3 rings (SSSR count). The highest BCUT2D eigenvalue weighted by molar-refractivity contribution is 9.10. The summed E-state index contributed by atoms with van der Waals surface area (Å²) in [5.74, 6) is 0.633.